The summed E-state index contributed by atoms with van der Waals surface area (Å²) in [5.41, 5.74) is 0. The van der Waals surface area contributed by atoms with E-state index >= 15 is 0 Å². The van der Waals surface area contributed by atoms with E-state index in [1.54, 1.807) is 0 Å². The van der Waals surface area contributed by atoms with Crippen LogP contribution in [0.5, 0.6) is 0 Å². The molecule has 6 heteroatoms. The summed E-state index contributed by atoms with van der Waals surface area (Å²) in [5, 5.41) is 3.72. The monoisotopic (exact) mass is 502 g/mol. The van der Waals surface area contributed by atoms with E-state index in [4.69, 9.17) is 19.4 Å². The Morgan fingerprint density at radius 1 is 0.458 bits per heavy atom. The van der Waals surface area contributed by atoms with E-state index < -0.39 is 0 Å². The Balaban J connectivity index is 0.000000306. The van der Waals surface area contributed by atoms with Crippen LogP contribution >= 0.6 is 47.1 Å². The second-order valence-electron chi connectivity index (χ2n) is 4.28. The second kappa shape index (κ2) is 18.0. The molecule has 0 heterocycles. The van der Waals surface area contributed by atoms with Gasteiger partial charge >= 0.3 is 34.5 Å². The molecule has 0 saturated carbocycles. The van der Waals surface area contributed by atoms with E-state index in [-0.39, 0.29) is 15.1 Å². The van der Waals surface area contributed by atoms with Gasteiger partial charge in [-0.15, -0.1) is 27.7 Å². The third-order valence-corrected chi connectivity index (χ3v) is 3.55. The predicted molar refractivity (Wildman–Crippen MR) is 119 cm³/mol. The average Bonchev–Trinajstić information content (AvgIpc) is 2.59. The van der Waals surface area contributed by atoms with Crippen LogP contribution in [-0.4, -0.2) is 0 Å². The van der Waals surface area contributed by atoms with Gasteiger partial charge in [0.2, 0.25) is 0 Å². The van der Waals surface area contributed by atoms with Crippen LogP contribution in [0.1, 0.15) is 0 Å². The summed E-state index contributed by atoms with van der Waals surface area (Å²) >= 11 is -0.346. The van der Waals surface area contributed by atoms with Crippen molar-refractivity contribution in [3.05, 3.63) is 91.0 Å². The van der Waals surface area contributed by atoms with Crippen LogP contribution in [0.25, 0.3) is 0 Å². The third-order valence-electron chi connectivity index (χ3n) is 2.40. The SMILES string of the molecule is Pc1ccccc1.Pc1ccccc1.Pc1ccccc1.[Cl][Ru][Cl]. The first-order valence-corrected chi connectivity index (χ1v) is 13.1. The molecule has 0 aromatic heterocycles. The molecule has 3 aromatic rings. The normalized spacial score (nSPS) is 8.54. The minimum absolute atomic E-state index is 0.346. The summed E-state index contributed by atoms with van der Waals surface area (Å²) in [5.74, 6) is 0. The van der Waals surface area contributed by atoms with Gasteiger partial charge in [0.05, 0.1) is 0 Å². The van der Waals surface area contributed by atoms with Crippen LogP contribution in [-0.2, 0) is 15.1 Å². The first-order valence-electron chi connectivity index (χ1n) is 6.87. The van der Waals surface area contributed by atoms with E-state index in [0.717, 1.165) is 0 Å². The maximum atomic E-state index is 4.85. The van der Waals surface area contributed by atoms with Crippen LogP contribution in [0, 0.1) is 0 Å². The fourth-order valence-electron chi connectivity index (χ4n) is 1.36. The zero-order chi connectivity index (χ0) is 18.0. The number of hydrogen-bond donors (Lipinski definition) is 0. The van der Waals surface area contributed by atoms with Crippen molar-refractivity contribution in [2.45, 2.75) is 0 Å². The van der Waals surface area contributed by atoms with Gasteiger partial charge in [0.15, 0.2) is 0 Å². The molecule has 0 fully saturated rings. The van der Waals surface area contributed by atoms with Gasteiger partial charge in [-0.25, -0.2) is 0 Å². The van der Waals surface area contributed by atoms with Crippen LogP contribution < -0.4 is 15.9 Å². The Hall–Kier alpha value is 0.153. The minimum atomic E-state index is -0.346. The molecule has 3 atom stereocenters. The summed E-state index contributed by atoms with van der Waals surface area (Å²) in [6.07, 6.45) is 0. The van der Waals surface area contributed by atoms with Crippen molar-refractivity contribution in [2.24, 2.45) is 0 Å². The van der Waals surface area contributed by atoms with Gasteiger partial charge in [0.25, 0.3) is 0 Å². The molecule has 0 nitrogen and oxygen atoms in total. The Morgan fingerprint density at radius 3 is 0.708 bits per heavy atom. The molecule has 24 heavy (non-hydrogen) atoms. The molecule has 0 aliphatic rings. The van der Waals surface area contributed by atoms with Crippen LogP contribution in [0.15, 0.2) is 91.0 Å². The molecule has 0 radical (unpaired) electrons. The molecule has 130 valence electrons. The molecule has 0 aliphatic carbocycles. The molecule has 0 aliphatic heterocycles. The average molecular weight is 502 g/mol. The molecule has 0 bridgehead atoms. The zero-order valence-electron chi connectivity index (χ0n) is 13.0. The summed E-state index contributed by atoms with van der Waals surface area (Å²) in [6, 6.07) is 30.4. The van der Waals surface area contributed by atoms with E-state index in [2.05, 4.69) is 27.7 Å². The van der Waals surface area contributed by atoms with Crippen molar-refractivity contribution in [1.29, 1.82) is 0 Å². The van der Waals surface area contributed by atoms with Crippen LogP contribution in [0.2, 0.25) is 0 Å². The molecule has 0 saturated heterocycles. The number of rotatable bonds is 0. The van der Waals surface area contributed by atoms with E-state index in [1.165, 1.54) is 15.9 Å². The molecule has 3 aromatic carbocycles. The summed E-state index contributed by atoms with van der Waals surface area (Å²) in [6.45, 7) is 0. The fourth-order valence-corrected chi connectivity index (χ4v) is 2.03. The topological polar surface area (TPSA) is 0 Å². The standard InChI is InChI=1S/3C6H7P.2ClH.Ru/c3*7-6-4-2-1-3-5-6;;;/h3*1-5H,7H2;2*1H;/q;;;;;+2/p-2. The van der Waals surface area contributed by atoms with E-state index in [9.17, 15) is 0 Å². The Bertz CT molecular complexity index is 522. The molecule has 0 N–H and O–H groups in total. The van der Waals surface area contributed by atoms with Gasteiger partial charge < -0.3 is 0 Å². The van der Waals surface area contributed by atoms with Gasteiger partial charge in [0.1, 0.15) is 0 Å². The maximum absolute atomic E-state index is 4.85. The van der Waals surface area contributed by atoms with Crippen molar-refractivity contribution in [1.82, 2.24) is 0 Å². The summed E-state index contributed by atoms with van der Waals surface area (Å²) in [7, 11) is 17.6. The van der Waals surface area contributed by atoms with Crippen molar-refractivity contribution >= 4 is 63.0 Å². The van der Waals surface area contributed by atoms with Crippen molar-refractivity contribution < 1.29 is 15.1 Å². The Labute approximate surface area is 168 Å². The van der Waals surface area contributed by atoms with E-state index in [0.29, 0.717) is 0 Å². The Kier molecular flexibility index (Phi) is 18.1. The van der Waals surface area contributed by atoms with E-state index in [1.807, 2.05) is 91.0 Å². The Morgan fingerprint density at radius 2 is 0.625 bits per heavy atom. The van der Waals surface area contributed by atoms with Crippen LogP contribution in [0.4, 0.5) is 0 Å². The van der Waals surface area contributed by atoms with Gasteiger partial charge in [-0.3, -0.25) is 0 Å². The molecular formula is C18H21Cl2P3Ru. The van der Waals surface area contributed by atoms with Crippen molar-refractivity contribution in [3.8, 4) is 0 Å². The number of halogens is 2. The van der Waals surface area contributed by atoms with Gasteiger partial charge in [0, 0.05) is 0 Å². The number of benzene rings is 3. The molecule has 3 rings (SSSR count). The fraction of sp³-hybridized carbons (Fsp3) is 0. The first-order chi connectivity index (χ1) is 11.6. The molecular weight excluding hydrogens is 481 g/mol. The zero-order valence-corrected chi connectivity index (χ0v) is 19.7. The van der Waals surface area contributed by atoms with Gasteiger partial charge in [-0.2, -0.15) is 0 Å². The first kappa shape index (κ1) is 24.2. The van der Waals surface area contributed by atoms with Gasteiger partial charge in [-0.1, -0.05) is 91.0 Å². The predicted octanol–water partition coefficient (Wildman–Crippen LogP) is 4.94. The van der Waals surface area contributed by atoms with Gasteiger partial charge in [-0.05, 0) is 15.9 Å². The quantitative estimate of drug-likeness (QED) is 0.302. The van der Waals surface area contributed by atoms with Crippen molar-refractivity contribution in [3.63, 3.8) is 0 Å². The molecule has 0 amide bonds. The summed E-state index contributed by atoms with van der Waals surface area (Å²) < 4.78 is 0. The summed E-state index contributed by atoms with van der Waals surface area (Å²) in [4.78, 5) is 0. The van der Waals surface area contributed by atoms with Crippen LogP contribution in [0.3, 0.4) is 0 Å². The second-order valence-corrected chi connectivity index (χ2v) is 8.92. The number of hydrogen-bond acceptors (Lipinski definition) is 0. The molecule has 3 unspecified atom stereocenters. The third kappa shape index (κ3) is 17.0. The molecule has 0 spiro atoms. The van der Waals surface area contributed by atoms with Crippen molar-refractivity contribution in [2.75, 3.05) is 0 Å².